The third kappa shape index (κ3) is 4.83. The highest BCUT2D eigenvalue weighted by Gasteiger charge is 2.09. The van der Waals surface area contributed by atoms with Gasteiger partial charge in [0, 0.05) is 5.69 Å². The van der Waals surface area contributed by atoms with Gasteiger partial charge in [-0.05, 0) is 35.0 Å². The van der Waals surface area contributed by atoms with E-state index in [1.165, 1.54) is 23.9 Å². The number of nitrogens with one attached hydrogen (secondary N) is 2. The fourth-order valence-corrected chi connectivity index (χ4v) is 3.07. The zero-order valence-corrected chi connectivity index (χ0v) is 14.7. The summed E-state index contributed by atoms with van der Waals surface area (Å²) in [5, 5.41) is 7.45. The third-order valence-electron chi connectivity index (χ3n) is 3.65. The quantitative estimate of drug-likeness (QED) is 0.682. The summed E-state index contributed by atoms with van der Waals surface area (Å²) in [6.45, 7) is 0. The lowest BCUT2D eigenvalue weighted by molar-refractivity contribution is -0.114. The monoisotopic (exact) mass is 368 g/mol. The van der Waals surface area contributed by atoms with Crippen LogP contribution in [-0.2, 0) is 9.59 Å². The van der Waals surface area contributed by atoms with Crippen LogP contribution < -0.4 is 10.6 Å². The van der Waals surface area contributed by atoms with Gasteiger partial charge in [-0.25, -0.2) is 4.39 Å². The first-order valence-corrected chi connectivity index (χ1v) is 9.18. The van der Waals surface area contributed by atoms with Crippen LogP contribution in [-0.4, -0.2) is 23.3 Å². The van der Waals surface area contributed by atoms with Gasteiger partial charge in [0.25, 0.3) is 0 Å². The van der Waals surface area contributed by atoms with E-state index in [2.05, 4.69) is 10.6 Å². The Morgan fingerprint density at radius 3 is 2.23 bits per heavy atom. The van der Waals surface area contributed by atoms with Crippen molar-refractivity contribution in [2.75, 3.05) is 22.1 Å². The second-order valence-corrected chi connectivity index (χ2v) is 6.62. The zero-order chi connectivity index (χ0) is 18.4. The van der Waals surface area contributed by atoms with Gasteiger partial charge in [0.1, 0.15) is 5.82 Å². The van der Waals surface area contributed by atoms with Gasteiger partial charge in [0.05, 0.1) is 17.2 Å². The summed E-state index contributed by atoms with van der Waals surface area (Å²) in [5.41, 5.74) is 0.851. The molecular weight excluding hydrogens is 351 g/mol. The molecule has 6 heteroatoms. The molecule has 2 N–H and O–H groups in total. The van der Waals surface area contributed by atoms with Crippen LogP contribution in [0.3, 0.4) is 0 Å². The maximum Gasteiger partial charge on any atom is 0.234 e. The van der Waals surface area contributed by atoms with Crippen LogP contribution >= 0.6 is 11.8 Å². The van der Waals surface area contributed by atoms with Gasteiger partial charge in [-0.3, -0.25) is 9.59 Å². The number of carbonyl (C=O) groups is 2. The first-order valence-electron chi connectivity index (χ1n) is 8.02. The smallest absolute Gasteiger partial charge is 0.234 e. The molecule has 132 valence electrons. The molecule has 0 bridgehead atoms. The van der Waals surface area contributed by atoms with Crippen LogP contribution in [0.25, 0.3) is 10.8 Å². The number of fused-ring (bicyclic) bond motifs is 1. The van der Waals surface area contributed by atoms with Gasteiger partial charge < -0.3 is 10.6 Å². The summed E-state index contributed by atoms with van der Waals surface area (Å²) in [7, 11) is 0. The van der Waals surface area contributed by atoms with E-state index < -0.39 is 5.82 Å². The van der Waals surface area contributed by atoms with Crippen LogP contribution in [0.4, 0.5) is 15.8 Å². The van der Waals surface area contributed by atoms with Crippen molar-refractivity contribution in [1.82, 2.24) is 0 Å². The molecule has 0 unspecified atom stereocenters. The highest BCUT2D eigenvalue weighted by atomic mass is 32.2. The minimum absolute atomic E-state index is 0.0689. The molecule has 4 nitrogen and oxygen atoms in total. The molecule has 3 aromatic rings. The van der Waals surface area contributed by atoms with E-state index in [4.69, 9.17) is 0 Å². The Balaban J connectivity index is 1.46. The Labute approximate surface area is 154 Å². The van der Waals surface area contributed by atoms with Gasteiger partial charge >= 0.3 is 0 Å². The number of benzene rings is 3. The van der Waals surface area contributed by atoms with Crippen LogP contribution in [0.1, 0.15) is 0 Å². The van der Waals surface area contributed by atoms with Gasteiger partial charge in [0.2, 0.25) is 11.8 Å². The van der Waals surface area contributed by atoms with E-state index >= 15 is 0 Å². The second-order valence-electron chi connectivity index (χ2n) is 5.63. The number of carbonyl (C=O) groups excluding carboxylic acids is 2. The maximum atomic E-state index is 13.5. The van der Waals surface area contributed by atoms with Gasteiger partial charge in [-0.2, -0.15) is 0 Å². The van der Waals surface area contributed by atoms with Crippen molar-refractivity contribution >= 4 is 45.7 Å². The lowest BCUT2D eigenvalue weighted by Gasteiger charge is -2.07. The maximum absolute atomic E-state index is 13.5. The van der Waals surface area contributed by atoms with Gasteiger partial charge in [0.15, 0.2) is 0 Å². The van der Waals surface area contributed by atoms with Crippen LogP contribution in [0.15, 0.2) is 66.7 Å². The third-order valence-corrected chi connectivity index (χ3v) is 4.58. The predicted octanol–water partition coefficient (Wildman–Crippen LogP) is 4.29. The SMILES string of the molecule is O=C(CSCC(=O)Nc1ccccc1F)Nc1ccc2ccccc2c1. The van der Waals surface area contributed by atoms with Crippen molar-refractivity contribution in [3.8, 4) is 0 Å². The molecule has 0 saturated heterocycles. The average molecular weight is 368 g/mol. The van der Waals surface area contributed by atoms with Crippen molar-refractivity contribution in [2.45, 2.75) is 0 Å². The number of hydrogen-bond donors (Lipinski definition) is 2. The topological polar surface area (TPSA) is 58.2 Å². The standard InChI is InChI=1S/C20H17FN2O2S/c21-17-7-3-4-8-18(17)23-20(25)13-26-12-19(24)22-16-10-9-14-5-1-2-6-15(14)11-16/h1-11H,12-13H2,(H,22,24)(H,23,25). The molecule has 0 radical (unpaired) electrons. The van der Waals surface area contributed by atoms with E-state index in [1.807, 2.05) is 42.5 Å². The molecule has 0 heterocycles. The van der Waals surface area contributed by atoms with E-state index in [0.717, 1.165) is 10.8 Å². The molecule has 3 rings (SSSR count). The number of para-hydroxylation sites is 1. The summed E-state index contributed by atoms with van der Waals surface area (Å²) in [5.74, 6) is -0.820. The van der Waals surface area contributed by atoms with E-state index in [1.54, 1.807) is 12.1 Å². The van der Waals surface area contributed by atoms with E-state index in [9.17, 15) is 14.0 Å². The molecular formula is C20H17FN2O2S. The fraction of sp³-hybridized carbons (Fsp3) is 0.100. The lowest BCUT2D eigenvalue weighted by atomic mass is 10.1. The highest BCUT2D eigenvalue weighted by molar-refractivity contribution is 8.00. The number of amides is 2. The molecule has 26 heavy (non-hydrogen) atoms. The molecule has 0 spiro atoms. The molecule has 0 aromatic heterocycles. The van der Waals surface area contributed by atoms with Crippen LogP contribution in [0.2, 0.25) is 0 Å². The molecule has 0 aliphatic rings. The molecule has 0 saturated carbocycles. The minimum Gasteiger partial charge on any atom is -0.325 e. The van der Waals surface area contributed by atoms with E-state index in [0.29, 0.717) is 5.69 Å². The average Bonchev–Trinajstić information content (AvgIpc) is 2.63. The highest BCUT2D eigenvalue weighted by Crippen LogP contribution is 2.19. The Morgan fingerprint density at radius 1 is 0.808 bits per heavy atom. The minimum atomic E-state index is -0.486. The largest absolute Gasteiger partial charge is 0.325 e. The molecule has 0 atom stereocenters. The van der Waals surface area contributed by atoms with Crippen molar-refractivity contribution in [3.63, 3.8) is 0 Å². The predicted molar refractivity (Wildman–Crippen MR) is 105 cm³/mol. The van der Waals surface area contributed by atoms with Crippen molar-refractivity contribution in [3.05, 3.63) is 72.5 Å². The molecule has 2 amide bonds. The van der Waals surface area contributed by atoms with Gasteiger partial charge in [-0.15, -0.1) is 11.8 Å². The lowest BCUT2D eigenvalue weighted by Crippen LogP contribution is -2.18. The van der Waals surface area contributed by atoms with Crippen LogP contribution in [0, 0.1) is 5.82 Å². The second kappa shape index (κ2) is 8.49. The molecule has 0 aliphatic carbocycles. The Morgan fingerprint density at radius 2 is 1.46 bits per heavy atom. The van der Waals surface area contributed by atoms with Crippen molar-refractivity contribution in [1.29, 1.82) is 0 Å². The number of anilines is 2. The molecule has 0 fully saturated rings. The Hall–Kier alpha value is -2.86. The number of hydrogen-bond acceptors (Lipinski definition) is 3. The summed E-state index contributed by atoms with van der Waals surface area (Å²) in [6.07, 6.45) is 0. The summed E-state index contributed by atoms with van der Waals surface area (Å²) < 4.78 is 13.5. The van der Waals surface area contributed by atoms with Crippen molar-refractivity contribution in [2.24, 2.45) is 0 Å². The Bertz CT molecular complexity index is 946. The van der Waals surface area contributed by atoms with E-state index in [-0.39, 0.29) is 29.0 Å². The normalized spacial score (nSPS) is 10.5. The van der Waals surface area contributed by atoms with Gasteiger partial charge in [-0.1, -0.05) is 42.5 Å². The molecule has 0 aliphatic heterocycles. The summed E-state index contributed by atoms with van der Waals surface area (Å²) in [4.78, 5) is 23.8. The number of thioether (sulfide) groups is 1. The first kappa shape index (κ1) is 17.9. The van der Waals surface area contributed by atoms with Crippen LogP contribution in [0.5, 0.6) is 0 Å². The first-order chi connectivity index (χ1) is 12.6. The Kier molecular flexibility index (Phi) is 5.86. The number of rotatable bonds is 6. The summed E-state index contributed by atoms with van der Waals surface area (Å²) >= 11 is 1.17. The zero-order valence-electron chi connectivity index (χ0n) is 13.9. The van der Waals surface area contributed by atoms with Crippen molar-refractivity contribution < 1.29 is 14.0 Å². The molecule has 3 aromatic carbocycles. The number of halogens is 1. The fourth-order valence-electron chi connectivity index (χ4n) is 2.45. The summed E-state index contributed by atoms with van der Waals surface area (Å²) in [6, 6.07) is 19.5.